The zero-order valence-corrected chi connectivity index (χ0v) is 21.2. The Labute approximate surface area is 206 Å². The monoisotopic (exact) mass is 505 g/mol. The van der Waals surface area contributed by atoms with Crippen LogP contribution in [-0.4, -0.2) is 45.7 Å². The van der Waals surface area contributed by atoms with Crippen LogP contribution >= 0.6 is 0 Å². The number of carbonyl (C=O) groups is 1. The molecule has 0 aromatic heterocycles. The molecule has 0 amide bonds. The maximum atomic E-state index is 13.7. The van der Waals surface area contributed by atoms with E-state index in [9.17, 15) is 17.6 Å². The lowest BCUT2D eigenvalue weighted by molar-refractivity contribution is -0.134. The van der Waals surface area contributed by atoms with Gasteiger partial charge in [0.1, 0.15) is 11.2 Å². The van der Waals surface area contributed by atoms with Gasteiger partial charge in [0.25, 0.3) is 0 Å². The normalized spacial score (nSPS) is 19.6. The smallest absolute Gasteiger partial charge is 0.368 e. The summed E-state index contributed by atoms with van der Waals surface area (Å²) in [6.07, 6.45) is 3.48. The average molecular weight is 506 g/mol. The molecule has 3 rings (SSSR count). The summed E-state index contributed by atoms with van der Waals surface area (Å²) in [7, 11) is -0.539. The van der Waals surface area contributed by atoms with Crippen LogP contribution in [0.4, 0.5) is 21.5 Å². The summed E-state index contributed by atoms with van der Waals surface area (Å²) >= 11 is 0. The van der Waals surface area contributed by atoms with Crippen molar-refractivity contribution in [1.82, 2.24) is 4.72 Å². The number of benzene rings is 2. The van der Waals surface area contributed by atoms with Crippen molar-refractivity contribution < 1.29 is 27.4 Å². The van der Waals surface area contributed by atoms with Gasteiger partial charge in [0.2, 0.25) is 15.9 Å². The van der Waals surface area contributed by atoms with Crippen LogP contribution in [0.5, 0.6) is 5.75 Å². The number of rotatable bonds is 9. The molecule has 1 unspecified atom stereocenters. The quantitative estimate of drug-likeness (QED) is 0.373. The summed E-state index contributed by atoms with van der Waals surface area (Å²) in [5, 5.41) is 8.82. The molecule has 2 aromatic rings. The summed E-state index contributed by atoms with van der Waals surface area (Å²) in [5.41, 5.74) is 1.04. The Bertz CT molecular complexity index is 1200. The number of aliphatic carboxylic acids is 1. The third-order valence-electron chi connectivity index (χ3n) is 6.16. The molecule has 190 valence electrons. The summed E-state index contributed by atoms with van der Waals surface area (Å²) in [6, 6.07) is 12.5. The van der Waals surface area contributed by atoms with Crippen LogP contribution in [0.1, 0.15) is 39.5 Å². The van der Waals surface area contributed by atoms with Crippen molar-refractivity contribution in [1.29, 1.82) is 0 Å². The second-order valence-corrected chi connectivity index (χ2v) is 10.5. The van der Waals surface area contributed by atoms with E-state index in [0.717, 1.165) is 18.5 Å². The van der Waals surface area contributed by atoms with E-state index in [0.29, 0.717) is 37.0 Å². The van der Waals surface area contributed by atoms with Crippen LogP contribution in [0.25, 0.3) is 0 Å². The van der Waals surface area contributed by atoms with Gasteiger partial charge in [-0.3, -0.25) is 0 Å². The Morgan fingerprint density at radius 2 is 1.94 bits per heavy atom. The number of nitrogens with one attached hydrogen (secondary N) is 1. The van der Waals surface area contributed by atoms with Crippen LogP contribution in [0.15, 0.2) is 59.4 Å². The first-order valence-corrected chi connectivity index (χ1v) is 13.0. The van der Waals surface area contributed by atoms with Gasteiger partial charge in [0.05, 0.1) is 16.9 Å². The third-order valence-corrected chi connectivity index (χ3v) is 7.77. The first kappa shape index (κ1) is 26.5. The highest BCUT2D eigenvalue weighted by molar-refractivity contribution is 7.89. The highest BCUT2D eigenvalue weighted by Crippen LogP contribution is 2.44. The average Bonchev–Trinajstić information content (AvgIpc) is 2.93. The minimum atomic E-state index is -4.01. The number of anilines is 3. The van der Waals surface area contributed by atoms with E-state index >= 15 is 0 Å². The number of unbranched alkanes of at least 4 members (excludes halogenated alkanes) is 1. The Hall–Kier alpha value is -3.11. The van der Waals surface area contributed by atoms with Crippen LogP contribution in [0.2, 0.25) is 0 Å². The van der Waals surface area contributed by atoms with Crippen molar-refractivity contribution in [3.8, 4) is 5.75 Å². The van der Waals surface area contributed by atoms with E-state index in [1.165, 1.54) is 6.07 Å². The number of nitrogens with zero attached hydrogens (tertiary/aromatic N) is 2. The van der Waals surface area contributed by atoms with Crippen molar-refractivity contribution in [2.75, 3.05) is 30.4 Å². The minimum absolute atomic E-state index is 0.0149. The highest BCUT2D eigenvalue weighted by atomic mass is 32.2. The van der Waals surface area contributed by atoms with Crippen LogP contribution in [-0.2, 0) is 14.8 Å². The minimum Gasteiger partial charge on any atom is -0.476 e. The molecule has 2 N–H and O–H groups in total. The van der Waals surface area contributed by atoms with Gasteiger partial charge in [-0.2, -0.15) is 4.39 Å². The van der Waals surface area contributed by atoms with Crippen molar-refractivity contribution in [2.45, 2.75) is 50.0 Å². The van der Waals surface area contributed by atoms with E-state index in [2.05, 4.69) is 11.6 Å². The molecule has 0 saturated heterocycles. The molecule has 1 heterocycles. The Balaban J connectivity index is 2.27. The summed E-state index contributed by atoms with van der Waals surface area (Å²) in [5.74, 6) is -3.26. The number of sulfonamides is 1. The molecule has 35 heavy (non-hydrogen) atoms. The van der Waals surface area contributed by atoms with Gasteiger partial charge >= 0.3 is 5.97 Å². The molecule has 0 fully saturated rings. The zero-order valence-electron chi connectivity index (χ0n) is 20.4. The molecule has 0 radical (unpaired) electrons. The topological polar surface area (TPSA) is 99.2 Å². The molecule has 0 saturated carbocycles. The molecule has 1 aliphatic heterocycles. The maximum absolute atomic E-state index is 13.7. The van der Waals surface area contributed by atoms with Gasteiger partial charge in [-0.1, -0.05) is 44.9 Å². The highest BCUT2D eigenvalue weighted by Gasteiger charge is 2.41. The lowest BCUT2D eigenvalue weighted by Crippen LogP contribution is -2.52. The summed E-state index contributed by atoms with van der Waals surface area (Å²) < 4.78 is 49.3. The summed E-state index contributed by atoms with van der Waals surface area (Å²) in [6.45, 7) is 4.45. The molecular formula is C25H32FN3O5S. The molecule has 1 aliphatic rings. The largest absolute Gasteiger partial charge is 0.476 e. The molecule has 2 aromatic carbocycles. The van der Waals surface area contributed by atoms with Gasteiger partial charge in [-0.15, -0.1) is 0 Å². The first-order chi connectivity index (χ1) is 16.5. The molecule has 1 atom stereocenters. The zero-order chi connectivity index (χ0) is 25.8. The van der Waals surface area contributed by atoms with Crippen molar-refractivity contribution in [3.63, 3.8) is 0 Å². The summed E-state index contributed by atoms with van der Waals surface area (Å²) in [4.78, 5) is 14.5. The van der Waals surface area contributed by atoms with Gasteiger partial charge < -0.3 is 19.6 Å². The predicted molar refractivity (Wildman–Crippen MR) is 135 cm³/mol. The van der Waals surface area contributed by atoms with E-state index in [4.69, 9.17) is 9.84 Å². The fraction of sp³-hybridized carbons (Fsp3) is 0.400. The molecule has 10 heteroatoms. The maximum Gasteiger partial charge on any atom is 0.368 e. The number of carboxylic acids is 1. The number of hydrogen-bond acceptors (Lipinski definition) is 6. The molecular weight excluding hydrogens is 473 g/mol. The Morgan fingerprint density at radius 1 is 1.26 bits per heavy atom. The van der Waals surface area contributed by atoms with Crippen LogP contribution in [0.3, 0.4) is 0 Å². The van der Waals surface area contributed by atoms with E-state index in [1.54, 1.807) is 25.1 Å². The predicted octanol–water partition coefficient (Wildman–Crippen LogP) is 4.80. The van der Waals surface area contributed by atoms with Gasteiger partial charge in [-0.25, -0.2) is 17.9 Å². The Morgan fingerprint density at radius 3 is 2.51 bits per heavy atom. The van der Waals surface area contributed by atoms with E-state index in [1.807, 2.05) is 42.2 Å². The standard InChI is InChI=1S/C25H32FN3O5S/c1-5-7-13-25(6-2)17-29(18-11-9-8-10-12-18)21-14-20(28(3)4)22(34-16-19(26)24(30)31)15-23(21)35(32,33)27-25/h8-12,14-16,27H,5-7,13,17H2,1-4H3,(H,30,31)/b19-16-. The fourth-order valence-corrected chi connectivity index (χ4v) is 5.88. The number of hydrogen-bond donors (Lipinski definition) is 2. The number of carboxylic acid groups (broad SMARTS) is 1. The molecule has 0 aliphatic carbocycles. The number of para-hydroxylation sites is 1. The van der Waals surface area contributed by atoms with Gasteiger partial charge in [0, 0.05) is 32.4 Å². The first-order valence-electron chi connectivity index (χ1n) is 11.5. The third kappa shape index (κ3) is 5.76. The second kappa shape index (κ2) is 10.7. The van der Waals surface area contributed by atoms with Crippen LogP contribution < -0.4 is 19.3 Å². The fourth-order valence-electron chi connectivity index (χ4n) is 4.18. The second-order valence-electron chi connectivity index (χ2n) is 8.84. The van der Waals surface area contributed by atoms with Crippen molar-refractivity contribution in [2.24, 2.45) is 0 Å². The molecule has 0 bridgehead atoms. The van der Waals surface area contributed by atoms with Gasteiger partial charge in [0.15, 0.2) is 5.75 Å². The van der Waals surface area contributed by atoms with E-state index < -0.39 is 27.4 Å². The van der Waals surface area contributed by atoms with Gasteiger partial charge in [-0.05, 0) is 31.0 Å². The Kier molecular flexibility index (Phi) is 8.07. The number of fused-ring (bicyclic) bond motifs is 1. The van der Waals surface area contributed by atoms with Crippen LogP contribution in [0, 0.1) is 0 Å². The lowest BCUT2D eigenvalue weighted by atomic mass is 9.89. The molecule has 8 nitrogen and oxygen atoms in total. The van der Waals surface area contributed by atoms with E-state index in [-0.39, 0.29) is 10.6 Å². The number of ether oxygens (including phenoxy) is 1. The molecule has 0 spiro atoms. The number of halogens is 1. The van der Waals surface area contributed by atoms with Crippen molar-refractivity contribution in [3.05, 3.63) is 54.6 Å². The lowest BCUT2D eigenvalue weighted by Gasteiger charge is -2.36. The SMILES string of the molecule is CCCCC1(CC)CN(c2ccccc2)c2cc(N(C)C)c(O/C=C(\F)C(=O)O)cc2S(=O)(=O)N1. The van der Waals surface area contributed by atoms with Crippen molar-refractivity contribution >= 4 is 33.1 Å².